The van der Waals surface area contributed by atoms with Gasteiger partial charge in [-0.25, -0.2) is 14.4 Å². The van der Waals surface area contributed by atoms with Crippen molar-refractivity contribution < 1.29 is 9.50 Å². The van der Waals surface area contributed by atoms with Crippen LogP contribution in [0.4, 0.5) is 10.3 Å². The second kappa shape index (κ2) is 4.46. The molecular formula is C13H18FN3O. The van der Waals surface area contributed by atoms with E-state index < -0.39 is 5.82 Å². The third-order valence-corrected chi connectivity index (χ3v) is 4.49. The van der Waals surface area contributed by atoms with Gasteiger partial charge in [-0.15, -0.1) is 0 Å². The van der Waals surface area contributed by atoms with Crippen LogP contribution in [0.5, 0.6) is 0 Å². The minimum absolute atomic E-state index is 0.00992. The molecule has 0 amide bonds. The van der Waals surface area contributed by atoms with Gasteiger partial charge in [-0.05, 0) is 18.8 Å². The van der Waals surface area contributed by atoms with Gasteiger partial charge in [0, 0.05) is 18.5 Å². The molecule has 0 radical (unpaired) electrons. The van der Waals surface area contributed by atoms with Gasteiger partial charge in [0.15, 0.2) is 5.82 Å². The SMILES string of the molecule is OCC12CCCCC1CN(c1ncc(F)cn1)C2. The maximum atomic E-state index is 12.8. The van der Waals surface area contributed by atoms with Gasteiger partial charge in [-0.3, -0.25) is 0 Å². The van der Waals surface area contributed by atoms with Crippen molar-refractivity contribution in [1.82, 2.24) is 9.97 Å². The van der Waals surface area contributed by atoms with Crippen LogP contribution >= 0.6 is 0 Å². The Morgan fingerprint density at radius 2 is 2.17 bits per heavy atom. The first-order valence-corrected chi connectivity index (χ1v) is 6.57. The van der Waals surface area contributed by atoms with Crippen LogP contribution in [0.2, 0.25) is 0 Å². The largest absolute Gasteiger partial charge is 0.396 e. The van der Waals surface area contributed by atoms with Crippen LogP contribution in [0.15, 0.2) is 12.4 Å². The molecule has 0 spiro atoms. The average molecular weight is 251 g/mol. The van der Waals surface area contributed by atoms with Gasteiger partial charge in [0.05, 0.1) is 19.0 Å². The number of fused-ring (bicyclic) bond motifs is 1. The van der Waals surface area contributed by atoms with Gasteiger partial charge >= 0.3 is 0 Å². The first kappa shape index (κ1) is 11.8. The van der Waals surface area contributed by atoms with E-state index in [1.165, 1.54) is 25.2 Å². The molecule has 1 saturated heterocycles. The lowest BCUT2D eigenvalue weighted by molar-refractivity contribution is 0.0626. The minimum atomic E-state index is -0.410. The third kappa shape index (κ3) is 1.86. The van der Waals surface area contributed by atoms with Crippen molar-refractivity contribution in [3.8, 4) is 0 Å². The van der Waals surface area contributed by atoms with Crippen LogP contribution < -0.4 is 4.90 Å². The first-order valence-electron chi connectivity index (χ1n) is 6.57. The summed E-state index contributed by atoms with van der Waals surface area (Å²) in [5, 5.41) is 9.73. The summed E-state index contributed by atoms with van der Waals surface area (Å²) >= 11 is 0. The van der Waals surface area contributed by atoms with E-state index in [1.54, 1.807) is 0 Å². The van der Waals surface area contributed by atoms with Crippen molar-refractivity contribution >= 4 is 5.95 Å². The van der Waals surface area contributed by atoms with E-state index in [9.17, 15) is 9.50 Å². The van der Waals surface area contributed by atoms with Crippen molar-refractivity contribution in [2.75, 3.05) is 24.6 Å². The van der Waals surface area contributed by atoms with Crippen LogP contribution in [0.1, 0.15) is 25.7 Å². The van der Waals surface area contributed by atoms with E-state index >= 15 is 0 Å². The van der Waals surface area contributed by atoms with Gasteiger partial charge in [0.2, 0.25) is 5.95 Å². The normalized spacial score (nSPS) is 31.4. The molecule has 1 aliphatic carbocycles. The van der Waals surface area contributed by atoms with Crippen LogP contribution in [-0.2, 0) is 0 Å². The number of hydrogen-bond acceptors (Lipinski definition) is 4. The van der Waals surface area contributed by atoms with E-state index in [0.717, 1.165) is 25.9 Å². The quantitative estimate of drug-likeness (QED) is 0.867. The summed E-state index contributed by atoms with van der Waals surface area (Å²) in [7, 11) is 0. The number of nitrogens with zero attached hydrogens (tertiary/aromatic N) is 3. The lowest BCUT2D eigenvalue weighted by Gasteiger charge is -2.36. The molecule has 1 aromatic heterocycles. The molecule has 3 rings (SSSR count). The number of hydrogen-bond donors (Lipinski definition) is 1. The van der Waals surface area contributed by atoms with Gasteiger partial charge in [0.25, 0.3) is 0 Å². The highest BCUT2D eigenvalue weighted by Crippen LogP contribution is 2.46. The van der Waals surface area contributed by atoms with E-state index in [-0.39, 0.29) is 12.0 Å². The lowest BCUT2D eigenvalue weighted by atomic mass is 9.69. The Balaban J connectivity index is 1.82. The van der Waals surface area contributed by atoms with Crippen molar-refractivity contribution in [3.05, 3.63) is 18.2 Å². The number of halogens is 1. The molecule has 1 saturated carbocycles. The van der Waals surface area contributed by atoms with E-state index in [4.69, 9.17) is 0 Å². The van der Waals surface area contributed by atoms with E-state index in [0.29, 0.717) is 11.9 Å². The first-order chi connectivity index (χ1) is 8.73. The molecule has 5 heteroatoms. The van der Waals surface area contributed by atoms with Gasteiger partial charge < -0.3 is 10.0 Å². The Morgan fingerprint density at radius 3 is 2.83 bits per heavy atom. The average Bonchev–Trinajstić information content (AvgIpc) is 2.79. The van der Waals surface area contributed by atoms with E-state index in [2.05, 4.69) is 14.9 Å². The number of rotatable bonds is 2. The van der Waals surface area contributed by atoms with Crippen LogP contribution in [0, 0.1) is 17.2 Å². The predicted molar refractivity (Wildman–Crippen MR) is 65.7 cm³/mol. The molecule has 1 N–H and O–H groups in total. The molecule has 98 valence electrons. The van der Waals surface area contributed by atoms with Crippen LogP contribution in [-0.4, -0.2) is 34.8 Å². The highest BCUT2D eigenvalue weighted by molar-refractivity contribution is 5.33. The van der Waals surface area contributed by atoms with Crippen molar-refractivity contribution in [2.24, 2.45) is 11.3 Å². The zero-order valence-corrected chi connectivity index (χ0v) is 10.3. The molecule has 0 aromatic carbocycles. The Hall–Kier alpha value is -1.23. The molecule has 2 atom stereocenters. The van der Waals surface area contributed by atoms with Gasteiger partial charge in [-0.1, -0.05) is 12.8 Å². The molecule has 2 heterocycles. The second-order valence-corrected chi connectivity index (χ2v) is 5.54. The Bertz CT molecular complexity index is 425. The maximum absolute atomic E-state index is 12.8. The number of aliphatic hydroxyl groups is 1. The minimum Gasteiger partial charge on any atom is -0.396 e. The standard InChI is InChI=1S/C13H18FN3O/c14-11-5-15-12(16-6-11)17-7-10-3-1-2-4-13(10,8-17)9-18/h5-6,10,18H,1-4,7-9H2. The molecule has 2 aliphatic rings. The fourth-order valence-corrected chi connectivity index (χ4v) is 3.46. The van der Waals surface area contributed by atoms with Crippen LogP contribution in [0.3, 0.4) is 0 Å². The summed E-state index contributed by atoms with van der Waals surface area (Å²) in [4.78, 5) is 10.2. The predicted octanol–water partition coefficient (Wildman–Crippen LogP) is 1.60. The molecule has 2 fully saturated rings. The lowest BCUT2D eigenvalue weighted by Crippen LogP contribution is -2.37. The van der Waals surface area contributed by atoms with Crippen molar-refractivity contribution in [3.63, 3.8) is 0 Å². The smallest absolute Gasteiger partial charge is 0.225 e. The summed E-state index contributed by atoms with van der Waals surface area (Å²) in [6.07, 6.45) is 7.08. The fourth-order valence-electron chi connectivity index (χ4n) is 3.46. The highest BCUT2D eigenvalue weighted by Gasteiger charge is 2.47. The summed E-state index contributed by atoms with van der Waals surface area (Å²) < 4.78 is 12.8. The molecule has 2 unspecified atom stereocenters. The fraction of sp³-hybridized carbons (Fsp3) is 0.692. The molecule has 0 bridgehead atoms. The monoisotopic (exact) mass is 251 g/mol. The third-order valence-electron chi connectivity index (χ3n) is 4.49. The van der Waals surface area contributed by atoms with Gasteiger partial charge in [-0.2, -0.15) is 0 Å². The maximum Gasteiger partial charge on any atom is 0.225 e. The van der Waals surface area contributed by atoms with Gasteiger partial charge in [0.1, 0.15) is 0 Å². The Kier molecular flexibility index (Phi) is 2.93. The summed E-state index contributed by atoms with van der Waals surface area (Å²) in [6, 6.07) is 0. The molecular weight excluding hydrogens is 233 g/mol. The summed E-state index contributed by atoms with van der Waals surface area (Å²) in [5.41, 5.74) is 0.00992. The highest BCUT2D eigenvalue weighted by atomic mass is 19.1. The number of aromatic nitrogens is 2. The topological polar surface area (TPSA) is 49.2 Å². The molecule has 1 aromatic rings. The second-order valence-electron chi connectivity index (χ2n) is 5.54. The van der Waals surface area contributed by atoms with Crippen molar-refractivity contribution in [2.45, 2.75) is 25.7 Å². The number of aliphatic hydroxyl groups excluding tert-OH is 1. The van der Waals surface area contributed by atoms with Crippen LogP contribution in [0.25, 0.3) is 0 Å². The zero-order chi connectivity index (χ0) is 12.6. The molecule has 4 nitrogen and oxygen atoms in total. The van der Waals surface area contributed by atoms with Crippen molar-refractivity contribution in [1.29, 1.82) is 0 Å². The zero-order valence-electron chi connectivity index (χ0n) is 10.3. The summed E-state index contributed by atoms with van der Waals surface area (Å²) in [6.45, 7) is 1.90. The Morgan fingerprint density at radius 1 is 1.39 bits per heavy atom. The molecule has 18 heavy (non-hydrogen) atoms. The number of anilines is 1. The van der Waals surface area contributed by atoms with E-state index in [1.807, 2.05) is 0 Å². The summed E-state index contributed by atoms with van der Waals surface area (Å²) in [5.74, 6) is 0.691. The molecule has 1 aliphatic heterocycles. The Labute approximate surface area is 106 Å².